The van der Waals surface area contributed by atoms with Crippen LogP contribution in [0.4, 0.5) is 0 Å². The molecule has 1 aromatic rings. The van der Waals surface area contributed by atoms with Crippen LogP contribution in [0.5, 0.6) is 0 Å². The van der Waals surface area contributed by atoms with Gasteiger partial charge in [0.2, 0.25) is 0 Å². The van der Waals surface area contributed by atoms with Gasteiger partial charge in [0.25, 0.3) is 0 Å². The fourth-order valence-electron chi connectivity index (χ4n) is 0.928. The van der Waals surface area contributed by atoms with E-state index in [1.807, 2.05) is 0 Å². The van der Waals surface area contributed by atoms with Gasteiger partial charge in [0.05, 0.1) is 0 Å². The predicted octanol–water partition coefficient (Wildman–Crippen LogP) is 0.536. The predicted molar refractivity (Wildman–Crippen MR) is 40.9 cm³/mol. The topological polar surface area (TPSA) is 0 Å². The molecule has 0 saturated heterocycles. The first-order chi connectivity index (χ1) is 4.47. The molecule has 0 unspecified atom stereocenters. The molecule has 0 saturated carbocycles. The van der Waals surface area contributed by atoms with Crippen LogP contribution in [0.3, 0.4) is 0 Å². The van der Waals surface area contributed by atoms with Crippen molar-refractivity contribution in [3.63, 3.8) is 0 Å². The summed E-state index contributed by atoms with van der Waals surface area (Å²) in [6, 6.07) is 8.58. The van der Waals surface area contributed by atoms with Crippen molar-refractivity contribution >= 4 is 31.2 Å². The number of hydrogen-bond acceptors (Lipinski definition) is 0. The van der Waals surface area contributed by atoms with Crippen molar-refractivity contribution in [2.24, 2.45) is 0 Å². The molecule has 1 aromatic carbocycles. The van der Waals surface area contributed by atoms with E-state index in [4.69, 9.17) is 0 Å². The fourth-order valence-corrected chi connectivity index (χ4v) is 3.39. The van der Waals surface area contributed by atoms with E-state index in [0.29, 0.717) is 0 Å². The third-order valence-electron chi connectivity index (χ3n) is 1.40. The van der Waals surface area contributed by atoms with Crippen molar-refractivity contribution in [1.29, 1.82) is 0 Å². The van der Waals surface area contributed by atoms with Crippen LogP contribution < -0.4 is 3.51 Å². The Labute approximate surface area is 65.1 Å². The van der Waals surface area contributed by atoms with Crippen LogP contribution in [-0.2, 0) is 0 Å². The molecule has 0 amide bonds. The number of benzene rings is 1. The van der Waals surface area contributed by atoms with Crippen molar-refractivity contribution in [3.8, 4) is 0 Å². The van der Waals surface area contributed by atoms with E-state index in [1.54, 1.807) is 3.51 Å². The quantitative estimate of drug-likeness (QED) is 0.564. The Morgan fingerprint density at radius 1 is 1.22 bits per heavy atom. The first kappa shape index (κ1) is 5.55. The summed E-state index contributed by atoms with van der Waals surface area (Å²) in [7, 11) is 0. The van der Waals surface area contributed by atoms with Crippen LogP contribution in [0.15, 0.2) is 24.3 Å². The average molecular weight is 224 g/mol. The van der Waals surface area contributed by atoms with Gasteiger partial charge in [-0.1, -0.05) is 0 Å². The van der Waals surface area contributed by atoms with E-state index in [0.717, 1.165) is 0 Å². The van der Waals surface area contributed by atoms with Crippen LogP contribution in [0, 0.1) is 4.02 Å². The second-order valence-corrected chi connectivity index (χ2v) is 5.08. The third kappa shape index (κ3) is 0.923. The Bertz CT molecular complexity index is 250. The molecular weight excluding hydrogens is 218 g/mol. The van der Waals surface area contributed by atoms with E-state index >= 15 is 0 Å². The maximum absolute atomic E-state index is 3.33. The van der Waals surface area contributed by atoms with Crippen molar-refractivity contribution < 1.29 is 0 Å². The summed E-state index contributed by atoms with van der Waals surface area (Å²) >= 11 is -0.363. The molecule has 0 spiro atoms. The molecule has 43 valence electrons. The van der Waals surface area contributed by atoms with Gasteiger partial charge in [-0.25, -0.2) is 0 Å². The second-order valence-electron chi connectivity index (χ2n) is 2.00. The SMILES string of the molecule is [C]1=Cc2cccc[c]2[SbH]1. The van der Waals surface area contributed by atoms with E-state index < -0.39 is 0 Å². The zero-order valence-corrected chi connectivity index (χ0v) is 7.74. The maximum atomic E-state index is 3.33. The minimum atomic E-state index is -0.363. The van der Waals surface area contributed by atoms with Crippen LogP contribution >= 0.6 is 0 Å². The molecule has 0 bridgehead atoms. The molecule has 0 fully saturated rings. The normalized spacial score (nSPS) is 13.8. The van der Waals surface area contributed by atoms with Gasteiger partial charge in [0.15, 0.2) is 0 Å². The Morgan fingerprint density at radius 3 is 3.00 bits per heavy atom. The Balaban J connectivity index is 2.63. The van der Waals surface area contributed by atoms with Crippen LogP contribution in [-0.4, -0.2) is 21.6 Å². The summed E-state index contributed by atoms with van der Waals surface area (Å²) in [6.45, 7) is 0. The molecule has 1 radical (unpaired) electrons. The van der Waals surface area contributed by atoms with Crippen molar-refractivity contribution in [2.45, 2.75) is 0 Å². The summed E-state index contributed by atoms with van der Waals surface area (Å²) in [5.74, 6) is 0. The fraction of sp³-hybridized carbons (Fsp3) is 0. The molecule has 1 aliphatic rings. The summed E-state index contributed by atoms with van der Waals surface area (Å²) in [5, 5.41) is 0. The first-order valence-electron chi connectivity index (χ1n) is 2.90. The molecule has 1 heteroatoms. The number of fused-ring (bicyclic) bond motifs is 1. The zero-order chi connectivity index (χ0) is 6.10. The van der Waals surface area contributed by atoms with E-state index in [9.17, 15) is 0 Å². The number of hydrogen-bond donors (Lipinski definition) is 0. The monoisotopic (exact) mass is 223 g/mol. The molecule has 0 atom stereocenters. The van der Waals surface area contributed by atoms with E-state index in [1.165, 1.54) is 5.56 Å². The van der Waals surface area contributed by atoms with Crippen molar-refractivity contribution in [3.05, 3.63) is 33.9 Å². The van der Waals surface area contributed by atoms with Crippen molar-refractivity contribution in [1.82, 2.24) is 0 Å². The van der Waals surface area contributed by atoms with Gasteiger partial charge in [0, 0.05) is 0 Å². The standard InChI is InChI=1S/C8H5.Sb.H/c1-2-8-6-4-3-5-7-8;;/h2-6H;;. The Kier molecular flexibility index (Phi) is 1.35. The van der Waals surface area contributed by atoms with Crippen LogP contribution in [0.1, 0.15) is 5.56 Å². The summed E-state index contributed by atoms with van der Waals surface area (Å²) in [4.78, 5) is 0. The molecule has 1 aliphatic heterocycles. The molecule has 9 heavy (non-hydrogen) atoms. The molecule has 0 nitrogen and oxygen atoms in total. The average Bonchev–Trinajstić information content (AvgIpc) is 2.33. The first-order valence-corrected chi connectivity index (χ1v) is 5.76. The number of rotatable bonds is 0. The zero-order valence-electron chi connectivity index (χ0n) is 4.89. The summed E-state index contributed by atoms with van der Waals surface area (Å²) < 4.78 is 4.90. The minimum absolute atomic E-state index is 0.363. The van der Waals surface area contributed by atoms with Gasteiger partial charge < -0.3 is 0 Å². The molecule has 2 rings (SSSR count). The molecular formula is C8H6Sb. The van der Waals surface area contributed by atoms with Crippen LogP contribution in [0.2, 0.25) is 0 Å². The van der Waals surface area contributed by atoms with Gasteiger partial charge in [-0.2, -0.15) is 0 Å². The third-order valence-corrected chi connectivity index (χ3v) is 4.29. The molecule has 0 aromatic heterocycles. The second kappa shape index (κ2) is 2.19. The van der Waals surface area contributed by atoms with E-state index in [2.05, 4.69) is 34.4 Å². The van der Waals surface area contributed by atoms with Gasteiger partial charge >= 0.3 is 65.1 Å². The van der Waals surface area contributed by atoms with Gasteiger partial charge in [-0.3, -0.25) is 0 Å². The summed E-state index contributed by atoms with van der Waals surface area (Å²) in [5.41, 5.74) is 1.41. The van der Waals surface area contributed by atoms with E-state index in [-0.39, 0.29) is 21.6 Å². The molecule has 0 aliphatic carbocycles. The van der Waals surface area contributed by atoms with Gasteiger partial charge in [-0.05, 0) is 0 Å². The van der Waals surface area contributed by atoms with Gasteiger partial charge in [-0.15, -0.1) is 0 Å². The van der Waals surface area contributed by atoms with Gasteiger partial charge in [0.1, 0.15) is 0 Å². The molecule has 1 heterocycles. The van der Waals surface area contributed by atoms with Crippen molar-refractivity contribution in [2.75, 3.05) is 0 Å². The Morgan fingerprint density at radius 2 is 2.11 bits per heavy atom. The van der Waals surface area contributed by atoms with Crippen LogP contribution in [0.25, 0.3) is 6.08 Å². The Hall–Kier alpha value is -0.222. The molecule has 0 N–H and O–H groups in total. The summed E-state index contributed by atoms with van der Waals surface area (Å²) in [6.07, 6.45) is 2.13.